The maximum Gasteiger partial charge on any atom is 0.0248 e. The van der Waals surface area contributed by atoms with Gasteiger partial charge in [0, 0.05) is 9.51 Å². The van der Waals surface area contributed by atoms with Crippen LogP contribution in [0.4, 0.5) is 0 Å². The lowest BCUT2D eigenvalue weighted by atomic mass is 10.2. The summed E-state index contributed by atoms with van der Waals surface area (Å²) in [6, 6.07) is 7.94. The smallest absolute Gasteiger partial charge is 0.0248 e. The van der Waals surface area contributed by atoms with Gasteiger partial charge in [-0.2, -0.15) is 0 Å². The van der Waals surface area contributed by atoms with Crippen LogP contribution in [0.15, 0.2) is 36.9 Å². The third kappa shape index (κ3) is 2.45. The molecule has 0 fully saturated rings. The van der Waals surface area contributed by atoms with Crippen molar-refractivity contribution < 1.29 is 0 Å². The second-order valence-electron chi connectivity index (χ2n) is 2.63. The number of hydrogen-bond acceptors (Lipinski definition) is 0. The van der Waals surface area contributed by atoms with Crippen molar-refractivity contribution >= 4 is 37.0 Å². The fraction of sp³-hybridized carbons (Fsp3) is 0.0909. The van der Waals surface area contributed by atoms with E-state index in [1.165, 1.54) is 0 Å². The molecule has 0 saturated carbocycles. The second-order valence-corrected chi connectivity index (χ2v) is 4.05. The van der Waals surface area contributed by atoms with Gasteiger partial charge < -0.3 is 0 Å². The van der Waals surface area contributed by atoms with Gasteiger partial charge in [-0.05, 0) is 17.4 Å². The summed E-state index contributed by atoms with van der Waals surface area (Å²) in [5.41, 5.74) is 0. The van der Waals surface area contributed by atoms with Crippen LogP contribution in [0.2, 0.25) is 0 Å². The molecule has 0 nitrogen and oxygen atoms in total. The van der Waals surface area contributed by atoms with E-state index in [1.54, 1.807) is 6.08 Å². The Morgan fingerprint density at radius 3 is 2.38 bits per heavy atom. The number of halogens is 2. The van der Waals surface area contributed by atoms with Crippen LogP contribution >= 0.6 is 27.5 Å². The van der Waals surface area contributed by atoms with Crippen molar-refractivity contribution in [2.45, 2.75) is 6.92 Å². The van der Waals surface area contributed by atoms with Crippen LogP contribution in [0.5, 0.6) is 0 Å². The van der Waals surface area contributed by atoms with Crippen LogP contribution in [0.25, 0.3) is 9.51 Å². The molecule has 0 spiro atoms. The van der Waals surface area contributed by atoms with E-state index in [2.05, 4.69) is 22.5 Å². The second kappa shape index (κ2) is 4.64. The summed E-state index contributed by atoms with van der Waals surface area (Å²) in [5, 5.41) is 2.90. The molecule has 0 atom stereocenters. The van der Waals surface area contributed by atoms with Gasteiger partial charge in [-0.25, -0.2) is 0 Å². The Morgan fingerprint density at radius 1 is 1.38 bits per heavy atom. The van der Waals surface area contributed by atoms with Gasteiger partial charge in [-0.1, -0.05) is 64.5 Å². The highest BCUT2D eigenvalue weighted by atomic mass is 79.9. The van der Waals surface area contributed by atoms with Crippen molar-refractivity contribution in [1.82, 2.24) is 0 Å². The molecular weight excluding hydrogens is 247 g/mol. The van der Waals surface area contributed by atoms with Gasteiger partial charge in [0.15, 0.2) is 0 Å². The van der Waals surface area contributed by atoms with Crippen molar-refractivity contribution in [3.8, 4) is 0 Å². The molecule has 0 aliphatic heterocycles. The van der Waals surface area contributed by atoms with Gasteiger partial charge >= 0.3 is 0 Å². The van der Waals surface area contributed by atoms with E-state index in [9.17, 15) is 0 Å². The number of benzene rings is 1. The van der Waals surface area contributed by atoms with Crippen molar-refractivity contribution in [2.24, 2.45) is 0 Å². The molecule has 0 aromatic heterocycles. The topological polar surface area (TPSA) is 0 Å². The molecule has 0 radical (unpaired) electrons. The van der Waals surface area contributed by atoms with Crippen LogP contribution in [0, 0.1) is 0 Å². The monoisotopic (exact) mass is 256 g/mol. The Labute approximate surface area is 91.4 Å². The fourth-order valence-electron chi connectivity index (χ4n) is 1.10. The normalized spacial score (nSPS) is 15.0. The predicted octanol–water partition coefficient (Wildman–Crippen LogP) is 2.74. The van der Waals surface area contributed by atoms with Crippen molar-refractivity contribution in [1.29, 1.82) is 0 Å². The number of allylic oxidation sites excluding steroid dienone is 1. The van der Waals surface area contributed by atoms with E-state index in [1.807, 2.05) is 31.2 Å². The van der Waals surface area contributed by atoms with E-state index >= 15 is 0 Å². The van der Waals surface area contributed by atoms with E-state index < -0.39 is 0 Å². The largest absolute Gasteiger partial charge is 0.0979 e. The first kappa shape index (κ1) is 10.6. The standard InChI is InChI=1S/C11H10BrCl/c1-3-11(12)10-7-5-4-6-9(10)8(2)13/h3-7H,1H2,2H3/b9-8+,11-10+. The van der Waals surface area contributed by atoms with E-state index in [4.69, 9.17) is 11.6 Å². The predicted molar refractivity (Wildman–Crippen MR) is 63.2 cm³/mol. The van der Waals surface area contributed by atoms with E-state index in [0.29, 0.717) is 0 Å². The maximum absolute atomic E-state index is 5.96. The number of hydrogen-bond donors (Lipinski definition) is 0. The number of rotatable bonds is 1. The minimum Gasteiger partial charge on any atom is -0.0979 e. The summed E-state index contributed by atoms with van der Waals surface area (Å²) in [6.45, 7) is 5.58. The SMILES string of the molecule is C=C/C(Br)=c1/cccc/c1=C(/C)Cl. The zero-order valence-corrected chi connectivity index (χ0v) is 9.69. The highest BCUT2D eigenvalue weighted by Crippen LogP contribution is 2.03. The van der Waals surface area contributed by atoms with Gasteiger partial charge in [-0.15, -0.1) is 0 Å². The zero-order valence-electron chi connectivity index (χ0n) is 7.35. The molecule has 0 unspecified atom stereocenters. The molecule has 1 aromatic carbocycles. The molecule has 1 rings (SSSR count). The molecule has 0 bridgehead atoms. The van der Waals surface area contributed by atoms with Crippen molar-refractivity contribution in [2.75, 3.05) is 0 Å². The fourth-order valence-corrected chi connectivity index (χ4v) is 1.61. The van der Waals surface area contributed by atoms with Crippen LogP contribution in [-0.2, 0) is 0 Å². The van der Waals surface area contributed by atoms with Gasteiger partial charge in [0.1, 0.15) is 0 Å². The summed E-state index contributed by atoms with van der Waals surface area (Å²) >= 11 is 9.39. The average Bonchev–Trinajstić information content (AvgIpc) is 2.16. The quantitative estimate of drug-likeness (QED) is 0.726. The maximum atomic E-state index is 5.96. The minimum atomic E-state index is 0.786. The molecule has 0 saturated heterocycles. The minimum absolute atomic E-state index is 0.786. The zero-order chi connectivity index (χ0) is 9.84. The first-order valence-electron chi connectivity index (χ1n) is 3.90. The first-order chi connectivity index (χ1) is 6.16. The Morgan fingerprint density at radius 2 is 1.92 bits per heavy atom. The van der Waals surface area contributed by atoms with E-state index in [0.717, 1.165) is 20.0 Å². The lowest BCUT2D eigenvalue weighted by molar-refractivity contribution is 1.49. The molecule has 0 amide bonds. The summed E-state index contributed by atoms with van der Waals surface area (Å²) in [7, 11) is 0. The van der Waals surface area contributed by atoms with Gasteiger partial charge in [-0.3, -0.25) is 0 Å². The third-order valence-electron chi connectivity index (χ3n) is 1.73. The van der Waals surface area contributed by atoms with Crippen molar-refractivity contribution in [3.05, 3.63) is 47.4 Å². The molecule has 0 N–H and O–H groups in total. The van der Waals surface area contributed by atoms with Gasteiger partial charge in [0.25, 0.3) is 0 Å². The van der Waals surface area contributed by atoms with Crippen molar-refractivity contribution in [3.63, 3.8) is 0 Å². The summed E-state index contributed by atoms with van der Waals surface area (Å²) in [4.78, 5) is 0. The molecule has 0 aliphatic carbocycles. The third-order valence-corrected chi connectivity index (χ3v) is 2.69. The van der Waals surface area contributed by atoms with Crippen LogP contribution in [0.3, 0.4) is 0 Å². The molecule has 0 aliphatic rings. The first-order valence-corrected chi connectivity index (χ1v) is 5.07. The van der Waals surface area contributed by atoms with E-state index in [-0.39, 0.29) is 0 Å². The Bertz CT molecular complexity index is 428. The highest BCUT2D eigenvalue weighted by molar-refractivity contribution is 9.15. The lowest BCUT2D eigenvalue weighted by Crippen LogP contribution is -2.25. The molecule has 2 heteroatoms. The molecule has 13 heavy (non-hydrogen) atoms. The van der Waals surface area contributed by atoms with Crippen LogP contribution < -0.4 is 10.4 Å². The van der Waals surface area contributed by atoms with Crippen LogP contribution in [-0.4, -0.2) is 0 Å². The molecule has 0 heterocycles. The molecule has 1 aromatic rings. The lowest BCUT2D eigenvalue weighted by Gasteiger charge is -1.94. The Balaban J connectivity index is 3.76. The average molecular weight is 258 g/mol. The van der Waals surface area contributed by atoms with Gasteiger partial charge in [0.05, 0.1) is 0 Å². The summed E-state index contributed by atoms with van der Waals surface area (Å²) < 4.78 is 0.961. The van der Waals surface area contributed by atoms with Crippen LogP contribution in [0.1, 0.15) is 6.92 Å². The Kier molecular flexibility index (Phi) is 3.76. The molecular formula is C11H10BrCl. The Hall–Kier alpha value is -0.530. The summed E-state index contributed by atoms with van der Waals surface area (Å²) in [5.74, 6) is 0. The highest BCUT2D eigenvalue weighted by Gasteiger charge is 1.91. The molecule has 68 valence electrons. The summed E-state index contributed by atoms with van der Waals surface area (Å²) in [6.07, 6.45) is 1.76. The van der Waals surface area contributed by atoms with Gasteiger partial charge in [0.2, 0.25) is 0 Å².